The van der Waals surface area contributed by atoms with Crippen molar-refractivity contribution in [3.63, 3.8) is 0 Å². The molecular formula is C19H26FN3O2. The molecule has 0 spiro atoms. The summed E-state index contributed by atoms with van der Waals surface area (Å²) in [5.74, 6) is -0.334. The number of carbonyl (C=O) groups is 2. The summed E-state index contributed by atoms with van der Waals surface area (Å²) < 4.78 is 12.9. The zero-order valence-corrected chi connectivity index (χ0v) is 14.5. The Morgan fingerprint density at radius 1 is 1.08 bits per heavy atom. The first kappa shape index (κ1) is 17.9. The molecule has 2 heterocycles. The van der Waals surface area contributed by atoms with E-state index in [1.54, 1.807) is 12.1 Å². The summed E-state index contributed by atoms with van der Waals surface area (Å²) in [6.07, 6.45) is 4.74. The first-order chi connectivity index (χ1) is 12.0. The van der Waals surface area contributed by atoms with E-state index in [-0.39, 0.29) is 23.7 Å². The molecule has 1 aromatic carbocycles. The Kier molecular flexibility index (Phi) is 5.68. The number of rotatable bonds is 5. The van der Waals surface area contributed by atoms with Crippen LogP contribution in [-0.4, -0.2) is 53.3 Å². The van der Waals surface area contributed by atoms with Crippen molar-refractivity contribution in [1.29, 1.82) is 0 Å². The second kappa shape index (κ2) is 7.95. The van der Waals surface area contributed by atoms with Crippen molar-refractivity contribution in [2.45, 2.75) is 50.6 Å². The van der Waals surface area contributed by atoms with Gasteiger partial charge >= 0.3 is 0 Å². The van der Waals surface area contributed by atoms with Crippen LogP contribution in [0.15, 0.2) is 24.3 Å². The number of nitrogens with two attached hydrogens (primary N) is 1. The number of halogens is 1. The third kappa shape index (κ3) is 4.37. The molecule has 25 heavy (non-hydrogen) atoms. The fourth-order valence-corrected chi connectivity index (χ4v) is 4.04. The number of hydrogen-bond donors (Lipinski definition) is 1. The Hall–Kier alpha value is -1.95. The van der Waals surface area contributed by atoms with Gasteiger partial charge in [-0.05, 0) is 56.3 Å². The summed E-state index contributed by atoms with van der Waals surface area (Å²) in [5, 5.41) is 0. The Morgan fingerprint density at radius 3 is 2.40 bits per heavy atom. The van der Waals surface area contributed by atoms with Crippen LogP contribution in [0.25, 0.3) is 0 Å². The summed E-state index contributed by atoms with van der Waals surface area (Å²) in [7, 11) is 0. The van der Waals surface area contributed by atoms with Crippen molar-refractivity contribution in [1.82, 2.24) is 9.80 Å². The number of hydrogen-bond acceptors (Lipinski definition) is 3. The SMILES string of the molecule is NC(=O)C1CCCN1C1CCN(C(=O)CCc2ccc(F)cc2)CC1. The molecular weight excluding hydrogens is 321 g/mol. The second-order valence-corrected chi connectivity index (χ2v) is 7.04. The average molecular weight is 347 g/mol. The van der Waals surface area contributed by atoms with E-state index in [1.807, 2.05) is 4.90 Å². The molecule has 5 nitrogen and oxygen atoms in total. The number of carbonyl (C=O) groups excluding carboxylic acids is 2. The molecule has 1 aromatic rings. The minimum atomic E-state index is -0.256. The lowest BCUT2D eigenvalue weighted by Crippen LogP contribution is -2.51. The van der Waals surface area contributed by atoms with E-state index in [0.29, 0.717) is 18.9 Å². The molecule has 2 N–H and O–H groups in total. The molecule has 2 saturated heterocycles. The molecule has 6 heteroatoms. The van der Waals surface area contributed by atoms with Crippen molar-refractivity contribution in [2.24, 2.45) is 5.73 Å². The van der Waals surface area contributed by atoms with E-state index >= 15 is 0 Å². The van der Waals surface area contributed by atoms with Crippen molar-refractivity contribution in [3.8, 4) is 0 Å². The van der Waals surface area contributed by atoms with Crippen LogP contribution < -0.4 is 5.73 Å². The van der Waals surface area contributed by atoms with Crippen molar-refractivity contribution in [2.75, 3.05) is 19.6 Å². The summed E-state index contributed by atoms with van der Waals surface area (Å²) >= 11 is 0. The maximum atomic E-state index is 12.9. The molecule has 2 amide bonds. The van der Waals surface area contributed by atoms with Gasteiger partial charge in [0.2, 0.25) is 11.8 Å². The fraction of sp³-hybridized carbons (Fsp3) is 0.579. The summed E-state index contributed by atoms with van der Waals surface area (Å²) in [6.45, 7) is 2.39. The average Bonchev–Trinajstić information content (AvgIpc) is 3.11. The van der Waals surface area contributed by atoms with Gasteiger partial charge in [-0.25, -0.2) is 4.39 Å². The Bertz CT molecular complexity index is 612. The highest BCUT2D eigenvalue weighted by Crippen LogP contribution is 2.26. The van der Waals surface area contributed by atoms with Gasteiger partial charge in [0.15, 0.2) is 0 Å². The molecule has 0 saturated carbocycles. The van der Waals surface area contributed by atoms with E-state index in [2.05, 4.69) is 4.90 Å². The van der Waals surface area contributed by atoms with Gasteiger partial charge in [-0.1, -0.05) is 12.1 Å². The van der Waals surface area contributed by atoms with Gasteiger partial charge in [0.25, 0.3) is 0 Å². The predicted molar refractivity (Wildman–Crippen MR) is 93.2 cm³/mol. The lowest BCUT2D eigenvalue weighted by Gasteiger charge is -2.38. The number of nitrogens with zero attached hydrogens (tertiary/aromatic N) is 2. The molecule has 1 unspecified atom stereocenters. The van der Waals surface area contributed by atoms with Gasteiger partial charge in [-0.3, -0.25) is 14.5 Å². The Balaban J connectivity index is 1.46. The van der Waals surface area contributed by atoms with Crippen LogP contribution >= 0.6 is 0 Å². The Morgan fingerprint density at radius 2 is 1.76 bits per heavy atom. The maximum Gasteiger partial charge on any atom is 0.234 e. The molecule has 0 bridgehead atoms. The first-order valence-electron chi connectivity index (χ1n) is 9.12. The monoisotopic (exact) mass is 347 g/mol. The number of likely N-dealkylation sites (tertiary alicyclic amines) is 2. The van der Waals surface area contributed by atoms with Crippen molar-refractivity contribution < 1.29 is 14.0 Å². The first-order valence-corrected chi connectivity index (χ1v) is 9.12. The van der Waals surface area contributed by atoms with E-state index in [1.165, 1.54) is 12.1 Å². The molecule has 1 atom stereocenters. The van der Waals surface area contributed by atoms with Crippen LogP contribution in [0.5, 0.6) is 0 Å². The highest BCUT2D eigenvalue weighted by molar-refractivity contribution is 5.80. The topological polar surface area (TPSA) is 66.6 Å². The predicted octanol–water partition coefficient (Wildman–Crippen LogP) is 1.70. The third-order valence-corrected chi connectivity index (χ3v) is 5.45. The van der Waals surface area contributed by atoms with Crippen LogP contribution in [0.1, 0.15) is 37.7 Å². The number of amides is 2. The maximum absolute atomic E-state index is 12.9. The standard InChI is InChI=1S/C19H26FN3O2/c20-15-6-3-14(4-7-15)5-8-18(24)22-12-9-16(10-13-22)23-11-1-2-17(23)19(21)25/h3-4,6-7,16-17H,1-2,5,8-13H2,(H2,21,25). The summed E-state index contributed by atoms with van der Waals surface area (Å²) in [4.78, 5) is 28.1. The molecule has 2 aliphatic heterocycles. The lowest BCUT2D eigenvalue weighted by molar-refractivity contribution is -0.133. The number of benzene rings is 1. The highest BCUT2D eigenvalue weighted by atomic mass is 19.1. The van der Waals surface area contributed by atoms with Gasteiger partial charge in [0.05, 0.1) is 6.04 Å². The largest absolute Gasteiger partial charge is 0.368 e. The van der Waals surface area contributed by atoms with Gasteiger partial charge < -0.3 is 10.6 Å². The van der Waals surface area contributed by atoms with Crippen LogP contribution in [0, 0.1) is 5.82 Å². The summed E-state index contributed by atoms with van der Waals surface area (Å²) in [5.41, 5.74) is 6.48. The minimum Gasteiger partial charge on any atom is -0.368 e. The number of piperidine rings is 1. The van der Waals surface area contributed by atoms with Gasteiger partial charge in [-0.2, -0.15) is 0 Å². The Labute approximate surface area is 148 Å². The van der Waals surface area contributed by atoms with E-state index < -0.39 is 0 Å². The van der Waals surface area contributed by atoms with Gasteiger partial charge in [0.1, 0.15) is 5.82 Å². The highest BCUT2D eigenvalue weighted by Gasteiger charge is 2.36. The molecule has 3 rings (SSSR count). The molecule has 0 aromatic heterocycles. The van der Waals surface area contributed by atoms with E-state index in [0.717, 1.165) is 50.9 Å². The zero-order chi connectivity index (χ0) is 17.8. The van der Waals surface area contributed by atoms with E-state index in [9.17, 15) is 14.0 Å². The second-order valence-electron chi connectivity index (χ2n) is 7.04. The van der Waals surface area contributed by atoms with Gasteiger partial charge in [-0.15, -0.1) is 0 Å². The van der Waals surface area contributed by atoms with Crippen LogP contribution in [-0.2, 0) is 16.0 Å². The van der Waals surface area contributed by atoms with Crippen molar-refractivity contribution >= 4 is 11.8 Å². The molecule has 0 aliphatic carbocycles. The number of aryl methyl sites for hydroxylation is 1. The summed E-state index contributed by atoms with van der Waals surface area (Å²) in [6, 6.07) is 6.53. The normalized spacial score (nSPS) is 22.3. The van der Waals surface area contributed by atoms with Crippen LogP contribution in [0.4, 0.5) is 4.39 Å². The molecule has 2 fully saturated rings. The van der Waals surface area contributed by atoms with Crippen LogP contribution in [0.2, 0.25) is 0 Å². The lowest BCUT2D eigenvalue weighted by atomic mass is 10.0. The molecule has 136 valence electrons. The number of primary amides is 1. The third-order valence-electron chi connectivity index (χ3n) is 5.45. The quantitative estimate of drug-likeness (QED) is 0.882. The fourth-order valence-electron chi connectivity index (χ4n) is 4.04. The molecule has 0 radical (unpaired) electrons. The minimum absolute atomic E-state index is 0.134. The van der Waals surface area contributed by atoms with E-state index in [4.69, 9.17) is 5.73 Å². The van der Waals surface area contributed by atoms with Crippen LogP contribution in [0.3, 0.4) is 0 Å². The smallest absolute Gasteiger partial charge is 0.234 e. The zero-order valence-electron chi connectivity index (χ0n) is 14.5. The molecule has 2 aliphatic rings. The van der Waals surface area contributed by atoms with Gasteiger partial charge in [0, 0.05) is 25.6 Å². The van der Waals surface area contributed by atoms with Crippen molar-refractivity contribution in [3.05, 3.63) is 35.6 Å².